The number of aliphatic hydroxyl groups is 1. The molecule has 188 valence electrons. The SMILES string of the molecule is Cc1nn2cc1CN(C)CCOCCNC(=O)c1nn(CCO)c3ccc(cc13)Nc1nccc-2n1. The number of carbonyl (C=O) groups excluding carboxylic acids is 1. The van der Waals surface area contributed by atoms with Crippen molar-refractivity contribution in [3.63, 3.8) is 0 Å². The second-order valence-electron chi connectivity index (χ2n) is 8.68. The number of carbonyl (C=O) groups is 1. The molecule has 12 heteroatoms. The van der Waals surface area contributed by atoms with E-state index in [1.165, 1.54) is 0 Å². The van der Waals surface area contributed by atoms with E-state index < -0.39 is 0 Å². The van der Waals surface area contributed by atoms with E-state index in [1.807, 2.05) is 38.4 Å². The monoisotopic (exact) mass is 491 g/mol. The molecule has 6 bridgehead atoms. The van der Waals surface area contributed by atoms with Gasteiger partial charge in [-0.1, -0.05) is 0 Å². The Morgan fingerprint density at radius 1 is 1.19 bits per heavy atom. The number of anilines is 2. The van der Waals surface area contributed by atoms with Gasteiger partial charge in [0.25, 0.3) is 5.91 Å². The van der Waals surface area contributed by atoms with Gasteiger partial charge in [0, 0.05) is 54.7 Å². The molecule has 0 saturated heterocycles. The average molecular weight is 492 g/mol. The van der Waals surface area contributed by atoms with Crippen molar-refractivity contribution in [1.29, 1.82) is 0 Å². The van der Waals surface area contributed by atoms with E-state index in [4.69, 9.17) is 4.74 Å². The van der Waals surface area contributed by atoms with Gasteiger partial charge < -0.3 is 20.5 Å². The second-order valence-corrected chi connectivity index (χ2v) is 8.68. The first-order valence-electron chi connectivity index (χ1n) is 11.8. The summed E-state index contributed by atoms with van der Waals surface area (Å²) >= 11 is 0. The molecule has 0 fully saturated rings. The Morgan fingerprint density at radius 3 is 2.94 bits per heavy atom. The number of rotatable bonds is 2. The fraction of sp³-hybridized carbons (Fsp3) is 0.375. The number of nitrogens with one attached hydrogen (secondary N) is 2. The molecule has 1 amide bonds. The predicted octanol–water partition coefficient (Wildman–Crippen LogP) is 1.25. The third-order valence-corrected chi connectivity index (χ3v) is 6.00. The molecule has 1 aromatic carbocycles. The topological polar surface area (TPSA) is 135 Å². The molecule has 0 unspecified atom stereocenters. The Hall–Kier alpha value is -3.87. The number of benzene rings is 1. The molecule has 0 saturated carbocycles. The number of ether oxygens (including phenoxy) is 1. The minimum Gasteiger partial charge on any atom is -0.394 e. The minimum absolute atomic E-state index is 0.0879. The summed E-state index contributed by atoms with van der Waals surface area (Å²) in [5.74, 6) is 0.740. The lowest BCUT2D eigenvalue weighted by molar-refractivity contribution is 0.0885. The number of amides is 1. The zero-order chi connectivity index (χ0) is 25.1. The molecular formula is C24H29N9O3. The standard InChI is InChI=1S/C24H29N9O3/c1-16-17-14-31(2)9-12-36-11-7-25-23(35)22-19-13-18(3-4-20(19)32(30-22)8-10-34)27-24-26-6-5-21(28-24)33(15-17)29-16/h3-6,13,15,34H,7-12,14H2,1-2H3,(H,25,35)(H,26,27,28). The molecule has 1 aliphatic rings. The molecule has 4 heterocycles. The lowest BCUT2D eigenvalue weighted by Crippen LogP contribution is -2.29. The number of aryl methyl sites for hydroxylation is 1. The number of nitrogens with zero attached hydrogens (tertiary/aromatic N) is 7. The maximum Gasteiger partial charge on any atom is 0.272 e. The van der Waals surface area contributed by atoms with Gasteiger partial charge in [-0.25, -0.2) is 9.67 Å². The van der Waals surface area contributed by atoms with Gasteiger partial charge in [-0.3, -0.25) is 14.4 Å². The van der Waals surface area contributed by atoms with Gasteiger partial charge in [0.2, 0.25) is 5.95 Å². The number of hydrogen-bond donors (Lipinski definition) is 3. The maximum absolute atomic E-state index is 13.0. The Balaban J connectivity index is 1.53. The summed E-state index contributed by atoms with van der Waals surface area (Å²) in [5, 5.41) is 25.3. The van der Waals surface area contributed by atoms with Gasteiger partial charge in [0.15, 0.2) is 11.5 Å². The molecule has 12 nitrogen and oxygen atoms in total. The van der Waals surface area contributed by atoms with Crippen molar-refractivity contribution in [3.05, 3.63) is 53.6 Å². The summed E-state index contributed by atoms with van der Waals surface area (Å²) in [6.07, 6.45) is 3.66. The van der Waals surface area contributed by atoms with E-state index >= 15 is 0 Å². The molecule has 1 aliphatic heterocycles. The van der Waals surface area contributed by atoms with Crippen LogP contribution in [0.1, 0.15) is 21.7 Å². The maximum atomic E-state index is 13.0. The van der Waals surface area contributed by atoms with Crippen molar-refractivity contribution in [2.75, 3.05) is 45.3 Å². The predicted molar refractivity (Wildman–Crippen MR) is 133 cm³/mol. The highest BCUT2D eigenvalue weighted by Gasteiger charge is 2.18. The molecule has 0 spiro atoms. The molecule has 36 heavy (non-hydrogen) atoms. The van der Waals surface area contributed by atoms with Gasteiger partial charge in [-0.15, -0.1) is 0 Å². The molecule has 0 aliphatic carbocycles. The van der Waals surface area contributed by atoms with Crippen LogP contribution in [0.5, 0.6) is 0 Å². The van der Waals surface area contributed by atoms with Gasteiger partial charge in [0.05, 0.1) is 37.6 Å². The highest BCUT2D eigenvalue weighted by Crippen LogP contribution is 2.25. The van der Waals surface area contributed by atoms with Gasteiger partial charge in [-0.05, 0) is 32.2 Å². The largest absolute Gasteiger partial charge is 0.394 e. The summed E-state index contributed by atoms with van der Waals surface area (Å²) in [7, 11) is 2.03. The fourth-order valence-corrected chi connectivity index (χ4v) is 4.14. The average Bonchev–Trinajstić information content (AvgIpc) is 3.41. The van der Waals surface area contributed by atoms with Crippen molar-refractivity contribution >= 4 is 28.4 Å². The van der Waals surface area contributed by atoms with Crippen LogP contribution in [0.2, 0.25) is 0 Å². The summed E-state index contributed by atoms with van der Waals surface area (Å²) in [6.45, 7) is 4.93. The lowest BCUT2D eigenvalue weighted by atomic mass is 10.1. The highest BCUT2D eigenvalue weighted by atomic mass is 16.5. The van der Waals surface area contributed by atoms with E-state index in [2.05, 4.69) is 35.7 Å². The van der Waals surface area contributed by atoms with Crippen molar-refractivity contribution in [2.24, 2.45) is 0 Å². The molecule has 4 aromatic rings. The Morgan fingerprint density at radius 2 is 2.08 bits per heavy atom. The zero-order valence-electron chi connectivity index (χ0n) is 20.3. The summed E-state index contributed by atoms with van der Waals surface area (Å²) in [5.41, 5.74) is 3.77. The van der Waals surface area contributed by atoms with Crippen molar-refractivity contribution in [1.82, 2.24) is 39.7 Å². The lowest BCUT2D eigenvalue weighted by Gasteiger charge is -2.16. The van der Waals surface area contributed by atoms with Gasteiger partial charge in [-0.2, -0.15) is 15.2 Å². The fourth-order valence-electron chi connectivity index (χ4n) is 4.14. The molecule has 3 N–H and O–H groups in total. The summed E-state index contributed by atoms with van der Waals surface area (Å²) < 4.78 is 9.11. The normalized spacial score (nSPS) is 15.6. The number of aliphatic hydroxyl groups excluding tert-OH is 1. The smallest absolute Gasteiger partial charge is 0.272 e. The number of fused-ring (bicyclic) bond motifs is 6. The minimum atomic E-state index is -0.300. The van der Waals surface area contributed by atoms with E-state index in [0.29, 0.717) is 42.6 Å². The number of likely N-dealkylation sites (N-methyl/N-ethyl adjacent to an activating group) is 1. The molecular weight excluding hydrogens is 462 g/mol. The van der Waals surface area contributed by atoms with Crippen LogP contribution < -0.4 is 10.6 Å². The first-order valence-corrected chi connectivity index (χ1v) is 11.8. The number of aromatic nitrogens is 6. The first-order chi connectivity index (χ1) is 17.5. The Kier molecular flexibility index (Phi) is 6.89. The molecule has 0 radical (unpaired) electrons. The quantitative estimate of drug-likeness (QED) is 0.378. The summed E-state index contributed by atoms with van der Waals surface area (Å²) in [6, 6.07) is 7.36. The zero-order valence-corrected chi connectivity index (χ0v) is 20.3. The number of hydrogen-bond acceptors (Lipinski definition) is 9. The third-order valence-electron chi connectivity index (χ3n) is 6.00. The van der Waals surface area contributed by atoms with Crippen LogP contribution >= 0.6 is 0 Å². The van der Waals surface area contributed by atoms with Crippen LogP contribution in [0, 0.1) is 6.92 Å². The van der Waals surface area contributed by atoms with Crippen molar-refractivity contribution in [2.45, 2.75) is 20.0 Å². The first kappa shape index (κ1) is 23.9. The van der Waals surface area contributed by atoms with Crippen LogP contribution in [0.25, 0.3) is 16.7 Å². The molecule has 3 aromatic heterocycles. The van der Waals surface area contributed by atoms with E-state index in [1.54, 1.807) is 21.6 Å². The summed E-state index contributed by atoms with van der Waals surface area (Å²) in [4.78, 5) is 24.1. The van der Waals surface area contributed by atoms with E-state index in [-0.39, 0.29) is 24.8 Å². The Bertz CT molecular complexity index is 1380. The van der Waals surface area contributed by atoms with Gasteiger partial charge >= 0.3 is 0 Å². The van der Waals surface area contributed by atoms with E-state index in [9.17, 15) is 9.90 Å². The second kappa shape index (κ2) is 10.4. The third kappa shape index (κ3) is 5.05. The molecule has 0 atom stereocenters. The van der Waals surface area contributed by atoms with Gasteiger partial charge in [0.1, 0.15) is 0 Å². The van der Waals surface area contributed by atoms with Crippen molar-refractivity contribution in [3.8, 4) is 5.82 Å². The Labute approximate surface area is 207 Å². The van der Waals surface area contributed by atoms with Crippen LogP contribution in [0.15, 0.2) is 36.7 Å². The van der Waals surface area contributed by atoms with Crippen LogP contribution in [0.3, 0.4) is 0 Å². The van der Waals surface area contributed by atoms with E-state index in [0.717, 1.165) is 29.9 Å². The van der Waals surface area contributed by atoms with Crippen LogP contribution in [0.4, 0.5) is 11.6 Å². The van der Waals surface area contributed by atoms with Crippen LogP contribution in [-0.2, 0) is 17.8 Å². The molecule has 5 rings (SSSR count). The van der Waals surface area contributed by atoms with Crippen LogP contribution in [-0.4, -0.2) is 85.4 Å². The van der Waals surface area contributed by atoms with Crippen molar-refractivity contribution < 1.29 is 14.6 Å². The highest BCUT2D eigenvalue weighted by molar-refractivity contribution is 6.05.